The minimum Gasteiger partial charge on any atom is -0.339 e. The highest BCUT2D eigenvalue weighted by Gasteiger charge is 2.13. The van der Waals surface area contributed by atoms with Crippen molar-refractivity contribution in [1.29, 1.82) is 0 Å². The van der Waals surface area contributed by atoms with Crippen LogP contribution in [0.3, 0.4) is 0 Å². The van der Waals surface area contributed by atoms with Gasteiger partial charge in [0.05, 0.1) is 0 Å². The summed E-state index contributed by atoms with van der Waals surface area (Å²) in [6, 6.07) is 4.22. The van der Waals surface area contributed by atoms with Crippen molar-refractivity contribution in [3.05, 3.63) is 29.8 Å². The van der Waals surface area contributed by atoms with E-state index in [2.05, 4.69) is 34.3 Å². The van der Waals surface area contributed by atoms with Crippen molar-refractivity contribution in [2.45, 2.75) is 39.7 Å². The molecule has 0 aliphatic heterocycles. The van der Waals surface area contributed by atoms with Crippen LogP contribution in [0.5, 0.6) is 0 Å². The molecule has 0 fully saturated rings. The van der Waals surface area contributed by atoms with E-state index in [1.807, 2.05) is 19.1 Å². The molecule has 0 saturated carbocycles. The first-order valence-electron chi connectivity index (χ1n) is 6.68. The van der Waals surface area contributed by atoms with E-state index in [9.17, 15) is 0 Å². The fraction of sp³-hybridized carbons (Fsp3) is 0.500. The third-order valence-electron chi connectivity index (χ3n) is 2.91. The Kier molecular flexibility index (Phi) is 4.63. The van der Waals surface area contributed by atoms with E-state index in [-0.39, 0.29) is 0 Å². The zero-order valence-corrected chi connectivity index (χ0v) is 11.7. The second-order valence-corrected chi connectivity index (χ2v) is 4.74. The molecule has 0 aliphatic rings. The molecule has 19 heavy (non-hydrogen) atoms. The predicted octanol–water partition coefficient (Wildman–Crippen LogP) is 2.37. The van der Waals surface area contributed by atoms with Crippen LogP contribution in [0.4, 0.5) is 0 Å². The zero-order chi connectivity index (χ0) is 13.7. The minimum absolute atomic E-state index is 0.332. The summed E-state index contributed by atoms with van der Waals surface area (Å²) in [4.78, 5) is 8.70. The molecule has 1 N–H and O–H groups in total. The lowest BCUT2D eigenvalue weighted by Crippen LogP contribution is -2.28. The summed E-state index contributed by atoms with van der Waals surface area (Å²) < 4.78 is 5.28. The molecule has 1 atom stereocenters. The second-order valence-electron chi connectivity index (χ2n) is 4.74. The topological polar surface area (TPSA) is 63.8 Å². The Balaban J connectivity index is 2.05. The van der Waals surface area contributed by atoms with E-state index in [0.717, 1.165) is 30.6 Å². The summed E-state index contributed by atoms with van der Waals surface area (Å²) in [5.74, 6) is 1.21. The van der Waals surface area contributed by atoms with Gasteiger partial charge in [-0.1, -0.05) is 18.1 Å². The molecule has 102 valence electrons. The number of nitrogens with one attached hydrogen (secondary N) is 1. The maximum atomic E-state index is 5.28. The fourth-order valence-electron chi connectivity index (χ4n) is 1.88. The first kappa shape index (κ1) is 13.7. The molecule has 0 spiro atoms. The van der Waals surface area contributed by atoms with E-state index < -0.39 is 0 Å². The minimum atomic E-state index is 0.332. The molecule has 1 unspecified atom stereocenters. The SMILES string of the molecule is CCCNC(C)Cc1nc(-c2ncccc2C)no1. The molecule has 0 amide bonds. The lowest BCUT2D eigenvalue weighted by atomic mass is 10.2. The molecular formula is C14H20N4O. The fourth-order valence-corrected chi connectivity index (χ4v) is 1.88. The van der Waals surface area contributed by atoms with Crippen LogP contribution in [-0.4, -0.2) is 27.7 Å². The van der Waals surface area contributed by atoms with E-state index in [1.54, 1.807) is 6.20 Å². The smallest absolute Gasteiger partial charge is 0.228 e. The summed E-state index contributed by atoms with van der Waals surface area (Å²) in [6.45, 7) is 7.26. The zero-order valence-electron chi connectivity index (χ0n) is 11.7. The third kappa shape index (κ3) is 3.61. The molecular weight excluding hydrogens is 240 g/mol. The van der Waals surface area contributed by atoms with Crippen LogP contribution in [0.25, 0.3) is 11.5 Å². The van der Waals surface area contributed by atoms with Crippen molar-refractivity contribution < 1.29 is 4.52 Å². The molecule has 2 aromatic rings. The van der Waals surface area contributed by atoms with E-state index in [1.165, 1.54) is 0 Å². The Morgan fingerprint density at radius 3 is 3.00 bits per heavy atom. The van der Waals surface area contributed by atoms with Gasteiger partial charge < -0.3 is 9.84 Å². The second kappa shape index (κ2) is 6.43. The van der Waals surface area contributed by atoms with Crippen LogP contribution in [-0.2, 0) is 6.42 Å². The van der Waals surface area contributed by atoms with Gasteiger partial charge in [-0.15, -0.1) is 0 Å². The maximum Gasteiger partial charge on any atom is 0.228 e. The number of pyridine rings is 1. The van der Waals surface area contributed by atoms with Gasteiger partial charge in [0.1, 0.15) is 5.69 Å². The summed E-state index contributed by atoms with van der Waals surface area (Å²) in [6.07, 6.45) is 3.59. The molecule has 2 rings (SSSR count). The highest BCUT2D eigenvalue weighted by molar-refractivity contribution is 5.53. The highest BCUT2D eigenvalue weighted by atomic mass is 16.5. The van der Waals surface area contributed by atoms with Crippen molar-refractivity contribution in [2.75, 3.05) is 6.54 Å². The van der Waals surface area contributed by atoms with Crippen molar-refractivity contribution >= 4 is 0 Å². The molecule has 0 aliphatic carbocycles. The normalized spacial score (nSPS) is 12.6. The van der Waals surface area contributed by atoms with Crippen LogP contribution in [0.1, 0.15) is 31.7 Å². The lowest BCUT2D eigenvalue weighted by Gasteiger charge is -2.09. The number of rotatable bonds is 6. The highest BCUT2D eigenvalue weighted by Crippen LogP contribution is 2.17. The number of hydrogen-bond acceptors (Lipinski definition) is 5. The summed E-state index contributed by atoms with van der Waals surface area (Å²) >= 11 is 0. The molecule has 0 aromatic carbocycles. The molecule has 0 radical (unpaired) electrons. The van der Waals surface area contributed by atoms with Gasteiger partial charge in [0.2, 0.25) is 11.7 Å². The van der Waals surface area contributed by atoms with Crippen LogP contribution in [0.15, 0.2) is 22.9 Å². The van der Waals surface area contributed by atoms with E-state index in [4.69, 9.17) is 4.52 Å². The van der Waals surface area contributed by atoms with Gasteiger partial charge in [-0.25, -0.2) is 0 Å². The summed E-state index contributed by atoms with van der Waals surface area (Å²) in [5, 5.41) is 7.40. The van der Waals surface area contributed by atoms with Crippen LogP contribution in [0.2, 0.25) is 0 Å². The number of hydrogen-bond donors (Lipinski definition) is 1. The lowest BCUT2D eigenvalue weighted by molar-refractivity contribution is 0.362. The van der Waals surface area contributed by atoms with E-state index in [0.29, 0.717) is 17.8 Å². The van der Waals surface area contributed by atoms with Gasteiger partial charge in [0.15, 0.2) is 0 Å². The van der Waals surface area contributed by atoms with Gasteiger partial charge in [-0.3, -0.25) is 4.98 Å². The van der Waals surface area contributed by atoms with Crippen molar-refractivity contribution in [3.63, 3.8) is 0 Å². The molecule has 0 bridgehead atoms. The van der Waals surface area contributed by atoms with Crippen LogP contribution in [0, 0.1) is 6.92 Å². The van der Waals surface area contributed by atoms with Gasteiger partial charge in [-0.05, 0) is 38.4 Å². The standard InChI is InChI=1S/C14H20N4O/c1-4-7-15-11(3)9-12-17-14(18-19-12)13-10(2)6-5-8-16-13/h5-6,8,11,15H,4,7,9H2,1-3H3. The van der Waals surface area contributed by atoms with Gasteiger partial charge in [0.25, 0.3) is 0 Å². The first-order valence-corrected chi connectivity index (χ1v) is 6.68. The largest absolute Gasteiger partial charge is 0.339 e. The van der Waals surface area contributed by atoms with Gasteiger partial charge >= 0.3 is 0 Å². The molecule has 2 heterocycles. The monoisotopic (exact) mass is 260 g/mol. The molecule has 5 heteroatoms. The van der Waals surface area contributed by atoms with E-state index >= 15 is 0 Å². The van der Waals surface area contributed by atoms with Crippen molar-refractivity contribution in [3.8, 4) is 11.5 Å². The van der Waals surface area contributed by atoms with Crippen molar-refractivity contribution in [1.82, 2.24) is 20.4 Å². The van der Waals surface area contributed by atoms with Crippen LogP contribution >= 0.6 is 0 Å². The number of aromatic nitrogens is 3. The third-order valence-corrected chi connectivity index (χ3v) is 2.91. The maximum absolute atomic E-state index is 5.28. The Morgan fingerprint density at radius 2 is 2.26 bits per heavy atom. The molecule has 2 aromatic heterocycles. The number of nitrogens with zero attached hydrogens (tertiary/aromatic N) is 3. The van der Waals surface area contributed by atoms with Crippen molar-refractivity contribution in [2.24, 2.45) is 0 Å². The molecule has 5 nitrogen and oxygen atoms in total. The molecule has 0 saturated heterocycles. The number of aryl methyl sites for hydroxylation is 1. The Hall–Kier alpha value is -1.75. The van der Waals surface area contributed by atoms with Gasteiger partial charge in [0, 0.05) is 18.7 Å². The predicted molar refractivity (Wildman–Crippen MR) is 73.7 cm³/mol. The van der Waals surface area contributed by atoms with Gasteiger partial charge in [-0.2, -0.15) is 4.98 Å². The van der Waals surface area contributed by atoms with Crippen LogP contribution < -0.4 is 5.32 Å². The average molecular weight is 260 g/mol. The quantitative estimate of drug-likeness (QED) is 0.863. The Labute approximate surface area is 113 Å². The average Bonchev–Trinajstić information content (AvgIpc) is 2.85. The Bertz CT molecular complexity index is 524. The first-order chi connectivity index (χ1) is 9.20. The summed E-state index contributed by atoms with van der Waals surface area (Å²) in [5.41, 5.74) is 1.83. The summed E-state index contributed by atoms with van der Waals surface area (Å²) in [7, 11) is 0. The Morgan fingerprint density at radius 1 is 1.42 bits per heavy atom.